The van der Waals surface area contributed by atoms with Crippen molar-refractivity contribution in [3.05, 3.63) is 59.2 Å². The number of ether oxygens (including phenoxy) is 2. The van der Waals surface area contributed by atoms with E-state index in [9.17, 15) is 13.6 Å². The molecule has 0 aliphatic rings. The molecular formula is C15H12F2O4. The number of carboxylic acids is 1. The van der Waals surface area contributed by atoms with Crippen molar-refractivity contribution < 1.29 is 28.2 Å². The number of hydrogen-bond donors (Lipinski definition) is 1. The highest BCUT2D eigenvalue weighted by molar-refractivity contribution is 5.91. The predicted octanol–water partition coefficient (Wildman–Crippen LogP) is 3.25. The van der Waals surface area contributed by atoms with Crippen molar-refractivity contribution in [1.82, 2.24) is 0 Å². The Bertz CT molecular complexity index is 650. The van der Waals surface area contributed by atoms with Gasteiger partial charge in [0.2, 0.25) is 0 Å². The van der Waals surface area contributed by atoms with Gasteiger partial charge in [0, 0.05) is 0 Å². The van der Waals surface area contributed by atoms with Crippen LogP contribution in [0.1, 0.15) is 15.9 Å². The first kappa shape index (κ1) is 14.8. The molecule has 6 heteroatoms. The van der Waals surface area contributed by atoms with Crippen LogP contribution in [0.5, 0.6) is 11.5 Å². The number of aromatic carboxylic acids is 1. The number of hydrogen-bond acceptors (Lipinski definition) is 3. The highest BCUT2D eigenvalue weighted by Gasteiger charge is 2.15. The lowest BCUT2D eigenvalue weighted by Crippen LogP contribution is -2.06. The second-order valence-electron chi connectivity index (χ2n) is 4.16. The summed E-state index contributed by atoms with van der Waals surface area (Å²) in [5.74, 6) is -2.37. The summed E-state index contributed by atoms with van der Waals surface area (Å²) in [6.07, 6.45) is 0. The standard InChI is InChI=1S/C15H12F2O4/c1-20-9-5-6-14(10(7-9)15(18)19)21-8-11-12(16)3-2-4-13(11)17/h2-7H,8H2,1H3,(H,18,19). The number of carboxylic acid groups (broad SMARTS) is 1. The van der Waals surface area contributed by atoms with Crippen LogP contribution in [0.15, 0.2) is 36.4 Å². The molecule has 0 heterocycles. The summed E-state index contributed by atoms with van der Waals surface area (Å²) >= 11 is 0. The van der Waals surface area contributed by atoms with Gasteiger partial charge >= 0.3 is 5.97 Å². The Hall–Kier alpha value is -2.63. The van der Waals surface area contributed by atoms with Gasteiger partial charge in [0.1, 0.15) is 35.3 Å². The van der Waals surface area contributed by atoms with E-state index >= 15 is 0 Å². The van der Waals surface area contributed by atoms with Gasteiger partial charge in [0.25, 0.3) is 0 Å². The normalized spacial score (nSPS) is 10.2. The number of benzene rings is 2. The minimum atomic E-state index is -1.22. The van der Waals surface area contributed by atoms with Gasteiger partial charge in [-0.15, -0.1) is 0 Å². The van der Waals surface area contributed by atoms with Gasteiger partial charge in [0.05, 0.1) is 12.7 Å². The van der Waals surface area contributed by atoms with E-state index < -0.39 is 24.2 Å². The lowest BCUT2D eigenvalue weighted by Gasteiger charge is -2.11. The molecule has 0 unspecified atom stereocenters. The summed E-state index contributed by atoms with van der Waals surface area (Å²) in [6.45, 7) is -0.412. The molecule has 0 spiro atoms. The van der Waals surface area contributed by atoms with Gasteiger partial charge in [-0.1, -0.05) is 6.07 Å². The Morgan fingerprint density at radius 2 is 1.86 bits per heavy atom. The van der Waals surface area contributed by atoms with Crippen molar-refractivity contribution >= 4 is 5.97 Å². The molecule has 0 bridgehead atoms. The van der Waals surface area contributed by atoms with E-state index in [-0.39, 0.29) is 16.9 Å². The molecule has 0 fully saturated rings. The van der Waals surface area contributed by atoms with E-state index in [1.54, 1.807) is 0 Å². The van der Waals surface area contributed by atoms with Gasteiger partial charge in [-0.2, -0.15) is 0 Å². The third-order valence-electron chi connectivity index (χ3n) is 2.85. The van der Waals surface area contributed by atoms with E-state index in [0.29, 0.717) is 5.75 Å². The van der Waals surface area contributed by atoms with Crippen LogP contribution in [0.3, 0.4) is 0 Å². The first-order valence-electron chi connectivity index (χ1n) is 6.00. The molecule has 0 aliphatic carbocycles. The maximum absolute atomic E-state index is 13.5. The summed E-state index contributed by atoms with van der Waals surface area (Å²) in [5.41, 5.74) is -0.407. The SMILES string of the molecule is COc1ccc(OCc2c(F)cccc2F)c(C(=O)O)c1. The average molecular weight is 294 g/mol. The molecule has 2 aromatic rings. The quantitative estimate of drug-likeness (QED) is 0.919. The van der Waals surface area contributed by atoms with Crippen LogP contribution >= 0.6 is 0 Å². The molecule has 1 N–H and O–H groups in total. The molecule has 0 atom stereocenters. The van der Waals surface area contributed by atoms with Gasteiger partial charge < -0.3 is 14.6 Å². The first-order chi connectivity index (χ1) is 10.0. The molecule has 0 radical (unpaired) electrons. The summed E-state index contributed by atoms with van der Waals surface area (Å²) in [5, 5.41) is 9.11. The molecule has 2 aromatic carbocycles. The second kappa shape index (κ2) is 6.21. The van der Waals surface area contributed by atoms with Gasteiger partial charge in [-0.05, 0) is 30.3 Å². The fourth-order valence-electron chi connectivity index (χ4n) is 1.75. The Kier molecular flexibility index (Phi) is 4.37. The van der Waals surface area contributed by atoms with Gasteiger partial charge in [0.15, 0.2) is 0 Å². The second-order valence-corrected chi connectivity index (χ2v) is 4.16. The third kappa shape index (κ3) is 3.28. The molecule has 0 saturated heterocycles. The topological polar surface area (TPSA) is 55.8 Å². The lowest BCUT2D eigenvalue weighted by molar-refractivity contribution is 0.0691. The molecular weight excluding hydrogens is 282 g/mol. The van der Waals surface area contributed by atoms with E-state index in [0.717, 1.165) is 12.1 Å². The van der Waals surface area contributed by atoms with Crippen LogP contribution in [0.2, 0.25) is 0 Å². The largest absolute Gasteiger partial charge is 0.497 e. The Labute approximate surface area is 119 Å². The zero-order valence-electron chi connectivity index (χ0n) is 11.1. The molecule has 0 amide bonds. The molecule has 2 rings (SSSR count). The molecule has 4 nitrogen and oxygen atoms in total. The number of methoxy groups -OCH3 is 1. The maximum Gasteiger partial charge on any atom is 0.339 e. The van der Waals surface area contributed by atoms with Crippen molar-refractivity contribution in [3.8, 4) is 11.5 Å². The zero-order chi connectivity index (χ0) is 15.4. The third-order valence-corrected chi connectivity index (χ3v) is 2.85. The fourth-order valence-corrected chi connectivity index (χ4v) is 1.75. The van der Waals surface area contributed by atoms with E-state index in [1.807, 2.05) is 0 Å². The average Bonchev–Trinajstić information content (AvgIpc) is 2.46. The van der Waals surface area contributed by atoms with Crippen molar-refractivity contribution in [2.75, 3.05) is 7.11 Å². The molecule has 0 saturated carbocycles. The smallest absolute Gasteiger partial charge is 0.339 e. The van der Waals surface area contributed by atoms with E-state index in [1.165, 1.54) is 31.4 Å². The molecule has 21 heavy (non-hydrogen) atoms. The van der Waals surface area contributed by atoms with Crippen molar-refractivity contribution in [3.63, 3.8) is 0 Å². The zero-order valence-corrected chi connectivity index (χ0v) is 11.1. The fraction of sp³-hybridized carbons (Fsp3) is 0.133. The van der Waals surface area contributed by atoms with Crippen LogP contribution in [-0.2, 0) is 6.61 Å². The van der Waals surface area contributed by atoms with Crippen molar-refractivity contribution in [1.29, 1.82) is 0 Å². The minimum Gasteiger partial charge on any atom is -0.497 e. The Morgan fingerprint density at radius 3 is 2.43 bits per heavy atom. The highest BCUT2D eigenvalue weighted by atomic mass is 19.1. The van der Waals surface area contributed by atoms with Crippen molar-refractivity contribution in [2.24, 2.45) is 0 Å². The lowest BCUT2D eigenvalue weighted by atomic mass is 10.2. The van der Waals surface area contributed by atoms with Gasteiger partial charge in [-0.25, -0.2) is 13.6 Å². The summed E-state index contributed by atoms with van der Waals surface area (Å²) in [6, 6.07) is 7.60. The molecule has 110 valence electrons. The number of rotatable bonds is 5. The summed E-state index contributed by atoms with van der Waals surface area (Å²) in [4.78, 5) is 11.2. The summed E-state index contributed by atoms with van der Waals surface area (Å²) in [7, 11) is 1.40. The highest BCUT2D eigenvalue weighted by Crippen LogP contribution is 2.25. The van der Waals surface area contributed by atoms with Gasteiger partial charge in [-0.3, -0.25) is 0 Å². The molecule has 0 aromatic heterocycles. The van der Waals surface area contributed by atoms with Crippen LogP contribution in [0.4, 0.5) is 8.78 Å². The Morgan fingerprint density at radius 1 is 1.19 bits per heavy atom. The summed E-state index contributed by atoms with van der Waals surface area (Å²) < 4.78 is 37.1. The number of halogens is 2. The van der Waals surface area contributed by atoms with E-state index in [4.69, 9.17) is 14.6 Å². The van der Waals surface area contributed by atoms with Crippen LogP contribution in [-0.4, -0.2) is 18.2 Å². The van der Waals surface area contributed by atoms with Crippen LogP contribution in [0, 0.1) is 11.6 Å². The van der Waals surface area contributed by atoms with Crippen molar-refractivity contribution in [2.45, 2.75) is 6.61 Å². The van der Waals surface area contributed by atoms with E-state index in [2.05, 4.69) is 0 Å². The first-order valence-corrected chi connectivity index (χ1v) is 6.00. The van der Waals surface area contributed by atoms with Crippen LogP contribution < -0.4 is 9.47 Å². The monoisotopic (exact) mass is 294 g/mol. The predicted molar refractivity (Wildman–Crippen MR) is 70.6 cm³/mol. The van der Waals surface area contributed by atoms with Crippen LogP contribution in [0.25, 0.3) is 0 Å². The molecule has 0 aliphatic heterocycles. The Balaban J connectivity index is 2.26. The maximum atomic E-state index is 13.5. The minimum absolute atomic E-state index is 0.00551. The number of carbonyl (C=O) groups is 1.